The van der Waals surface area contributed by atoms with Crippen LogP contribution in [0.2, 0.25) is 0 Å². The number of hydrogen-bond donors (Lipinski definition) is 1. The maximum Gasteiger partial charge on any atom is 0.269 e. The molecule has 1 fully saturated rings. The summed E-state index contributed by atoms with van der Waals surface area (Å²) in [6, 6.07) is 4.84. The summed E-state index contributed by atoms with van der Waals surface area (Å²) in [6.45, 7) is 2.70. The van der Waals surface area contributed by atoms with Gasteiger partial charge in [0.1, 0.15) is 0 Å². The zero-order valence-electron chi connectivity index (χ0n) is 11.1. The van der Waals surface area contributed by atoms with Gasteiger partial charge in [-0.25, -0.2) is 8.42 Å². The van der Waals surface area contributed by atoms with Gasteiger partial charge in [-0.2, -0.15) is 4.31 Å². The van der Waals surface area contributed by atoms with Crippen LogP contribution in [0, 0.1) is 16.0 Å². The molecule has 20 heavy (non-hydrogen) atoms. The Hall–Kier alpha value is -1.51. The smallest absolute Gasteiger partial charge is 0.269 e. The van der Waals surface area contributed by atoms with Crippen molar-refractivity contribution < 1.29 is 13.3 Å². The summed E-state index contributed by atoms with van der Waals surface area (Å²) >= 11 is 0. The Labute approximate surface area is 117 Å². The molecule has 1 saturated heterocycles. The van der Waals surface area contributed by atoms with Gasteiger partial charge in [-0.15, -0.1) is 0 Å². The molecule has 0 spiro atoms. The van der Waals surface area contributed by atoms with Crippen LogP contribution < -0.4 is 5.73 Å². The second-order valence-electron chi connectivity index (χ2n) is 5.01. The molecule has 0 amide bonds. The molecule has 1 aliphatic heterocycles. The van der Waals surface area contributed by atoms with Gasteiger partial charge in [0.2, 0.25) is 10.0 Å². The molecular weight excluding hydrogens is 282 g/mol. The molecule has 1 heterocycles. The van der Waals surface area contributed by atoms with E-state index in [1.165, 1.54) is 28.6 Å². The van der Waals surface area contributed by atoms with Crippen LogP contribution in [0.1, 0.15) is 13.3 Å². The Morgan fingerprint density at radius 2 is 2.00 bits per heavy atom. The first-order valence-corrected chi connectivity index (χ1v) is 7.76. The third-order valence-electron chi connectivity index (χ3n) is 3.59. The van der Waals surface area contributed by atoms with E-state index in [0.29, 0.717) is 13.1 Å². The van der Waals surface area contributed by atoms with E-state index in [1.807, 2.05) is 6.92 Å². The normalized spacial score (nSPS) is 23.9. The van der Waals surface area contributed by atoms with E-state index in [4.69, 9.17) is 5.73 Å². The lowest BCUT2D eigenvalue weighted by Crippen LogP contribution is -2.34. The number of hydrogen-bond acceptors (Lipinski definition) is 5. The Bertz CT molecular complexity index is 600. The Kier molecular flexibility index (Phi) is 4.07. The molecule has 2 N–H and O–H groups in total. The topological polar surface area (TPSA) is 107 Å². The first-order chi connectivity index (χ1) is 9.36. The van der Waals surface area contributed by atoms with Gasteiger partial charge in [0, 0.05) is 24.7 Å². The highest BCUT2D eigenvalue weighted by Gasteiger charge is 2.37. The van der Waals surface area contributed by atoms with Gasteiger partial charge in [-0.3, -0.25) is 10.1 Å². The monoisotopic (exact) mass is 299 g/mol. The molecule has 1 aromatic rings. The third kappa shape index (κ3) is 2.67. The van der Waals surface area contributed by atoms with Gasteiger partial charge in [0.15, 0.2) is 0 Å². The fraction of sp³-hybridized carbons (Fsp3) is 0.500. The Balaban J connectivity index is 2.28. The molecule has 110 valence electrons. The lowest BCUT2D eigenvalue weighted by atomic mass is 10.1. The predicted molar refractivity (Wildman–Crippen MR) is 73.6 cm³/mol. The van der Waals surface area contributed by atoms with Crippen molar-refractivity contribution in [1.82, 2.24) is 4.31 Å². The minimum atomic E-state index is -3.62. The van der Waals surface area contributed by atoms with Crippen molar-refractivity contribution >= 4 is 15.7 Å². The summed E-state index contributed by atoms with van der Waals surface area (Å²) in [7, 11) is -3.62. The van der Waals surface area contributed by atoms with Crippen LogP contribution in [0.3, 0.4) is 0 Å². The third-order valence-corrected chi connectivity index (χ3v) is 5.59. The first-order valence-electron chi connectivity index (χ1n) is 6.32. The number of nitro groups is 1. The summed E-state index contributed by atoms with van der Waals surface area (Å²) in [6.07, 6.45) is 0.739. The first kappa shape index (κ1) is 14.9. The maximum absolute atomic E-state index is 12.5. The highest BCUT2D eigenvalue weighted by molar-refractivity contribution is 7.89. The molecule has 1 aliphatic rings. The summed E-state index contributed by atoms with van der Waals surface area (Å²) in [5.74, 6) is 0.165. The number of non-ortho nitro benzene ring substituents is 1. The number of nitro benzene ring substituents is 1. The number of rotatable bonds is 4. The average molecular weight is 299 g/mol. The molecule has 1 aromatic carbocycles. The van der Waals surface area contributed by atoms with Crippen LogP contribution in [-0.4, -0.2) is 36.8 Å². The molecule has 2 unspecified atom stereocenters. The molecule has 0 saturated carbocycles. The summed E-state index contributed by atoms with van der Waals surface area (Å²) in [5, 5.41) is 10.6. The lowest BCUT2D eigenvalue weighted by Gasteiger charge is -2.20. The highest BCUT2D eigenvalue weighted by Crippen LogP contribution is 2.29. The molecule has 8 heteroatoms. The summed E-state index contributed by atoms with van der Waals surface area (Å²) in [4.78, 5) is 10.1. The largest absolute Gasteiger partial charge is 0.330 e. The zero-order valence-corrected chi connectivity index (χ0v) is 11.9. The van der Waals surface area contributed by atoms with Gasteiger partial charge < -0.3 is 5.73 Å². The van der Waals surface area contributed by atoms with Crippen molar-refractivity contribution in [3.05, 3.63) is 34.4 Å². The van der Waals surface area contributed by atoms with E-state index in [1.54, 1.807) is 0 Å². The van der Waals surface area contributed by atoms with Crippen molar-refractivity contribution in [2.75, 3.05) is 13.1 Å². The van der Waals surface area contributed by atoms with Gasteiger partial charge in [0.05, 0.1) is 9.82 Å². The number of sulfonamides is 1. The standard InChI is InChI=1S/C12H17N3O4S/c1-9-6-10(7-13)8-14(9)20(18,19)12-4-2-11(3-5-12)15(16)17/h2-5,9-10H,6-8,13H2,1H3. The number of benzene rings is 1. The quantitative estimate of drug-likeness (QED) is 0.658. The van der Waals surface area contributed by atoms with Crippen molar-refractivity contribution in [1.29, 1.82) is 0 Å². The second kappa shape index (κ2) is 5.47. The van der Waals surface area contributed by atoms with Crippen LogP contribution >= 0.6 is 0 Å². The Morgan fingerprint density at radius 3 is 2.45 bits per heavy atom. The van der Waals surface area contributed by atoms with Crippen LogP contribution in [-0.2, 0) is 10.0 Å². The van der Waals surface area contributed by atoms with Crippen molar-refractivity contribution in [3.63, 3.8) is 0 Å². The molecule has 0 radical (unpaired) electrons. The molecular formula is C12H17N3O4S. The van der Waals surface area contributed by atoms with Crippen LogP contribution in [0.25, 0.3) is 0 Å². The van der Waals surface area contributed by atoms with Crippen molar-refractivity contribution in [3.8, 4) is 0 Å². The molecule has 0 aromatic heterocycles. The SMILES string of the molecule is CC1CC(CN)CN1S(=O)(=O)c1ccc([N+](=O)[O-])cc1. The van der Waals surface area contributed by atoms with E-state index < -0.39 is 14.9 Å². The zero-order chi connectivity index (χ0) is 14.9. The predicted octanol–water partition coefficient (Wildman–Crippen LogP) is 0.953. The number of nitrogens with two attached hydrogens (primary N) is 1. The minimum absolute atomic E-state index is 0.0765. The van der Waals surface area contributed by atoms with Crippen molar-refractivity contribution in [2.24, 2.45) is 11.7 Å². The summed E-state index contributed by atoms with van der Waals surface area (Å²) < 4.78 is 26.4. The second-order valence-corrected chi connectivity index (χ2v) is 6.90. The molecule has 0 bridgehead atoms. The minimum Gasteiger partial charge on any atom is -0.330 e. The van der Waals surface area contributed by atoms with E-state index >= 15 is 0 Å². The van der Waals surface area contributed by atoms with Crippen LogP contribution in [0.5, 0.6) is 0 Å². The van der Waals surface area contributed by atoms with Crippen LogP contribution in [0.15, 0.2) is 29.2 Å². The fourth-order valence-electron chi connectivity index (χ4n) is 2.49. The van der Waals surface area contributed by atoms with E-state index in [0.717, 1.165) is 6.42 Å². The highest BCUT2D eigenvalue weighted by atomic mass is 32.2. The van der Waals surface area contributed by atoms with Crippen LogP contribution in [0.4, 0.5) is 5.69 Å². The average Bonchev–Trinajstić information content (AvgIpc) is 2.81. The molecule has 7 nitrogen and oxygen atoms in total. The lowest BCUT2D eigenvalue weighted by molar-refractivity contribution is -0.384. The molecule has 2 rings (SSSR count). The van der Waals surface area contributed by atoms with E-state index in [9.17, 15) is 18.5 Å². The maximum atomic E-state index is 12.5. The van der Waals surface area contributed by atoms with Gasteiger partial charge >= 0.3 is 0 Å². The Morgan fingerprint density at radius 1 is 1.40 bits per heavy atom. The van der Waals surface area contributed by atoms with Crippen molar-refractivity contribution in [2.45, 2.75) is 24.3 Å². The number of nitrogens with zero attached hydrogens (tertiary/aromatic N) is 2. The molecule has 0 aliphatic carbocycles. The van der Waals surface area contributed by atoms with E-state index in [2.05, 4.69) is 0 Å². The van der Waals surface area contributed by atoms with Gasteiger partial charge in [0.25, 0.3) is 5.69 Å². The van der Waals surface area contributed by atoms with Gasteiger partial charge in [-0.05, 0) is 37.9 Å². The fourth-order valence-corrected chi connectivity index (χ4v) is 4.21. The molecule has 2 atom stereocenters. The van der Waals surface area contributed by atoms with Gasteiger partial charge in [-0.1, -0.05) is 0 Å². The summed E-state index contributed by atoms with van der Waals surface area (Å²) in [5.41, 5.74) is 5.47. The van der Waals surface area contributed by atoms with E-state index in [-0.39, 0.29) is 22.5 Å².